The molecule has 0 atom stereocenters. The Labute approximate surface area is 137 Å². The van der Waals surface area contributed by atoms with E-state index in [2.05, 4.69) is 6.58 Å². The van der Waals surface area contributed by atoms with Gasteiger partial charge >= 0.3 is 12.1 Å². The molecule has 0 aromatic heterocycles. The number of alkyl halides is 3. The van der Waals surface area contributed by atoms with E-state index in [9.17, 15) is 18.0 Å². The minimum atomic E-state index is -4.50. The fraction of sp³-hybridized carbons (Fsp3) is 0.167. The Kier molecular flexibility index (Phi) is 4.97. The van der Waals surface area contributed by atoms with Crippen molar-refractivity contribution >= 4 is 11.5 Å². The summed E-state index contributed by atoms with van der Waals surface area (Å²) in [6.07, 6.45) is -4.50. The molecule has 3 nitrogen and oxygen atoms in total. The van der Waals surface area contributed by atoms with Crippen LogP contribution in [0, 0.1) is 0 Å². The molecule has 0 fully saturated rings. The van der Waals surface area contributed by atoms with Crippen LogP contribution in [0.5, 0.6) is 5.75 Å². The van der Waals surface area contributed by atoms with Crippen molar-refractivity contribution in [1.29, 1.82) is 0 Å². The van der Waals surface area contributed by atoms with Gasteiger partial charge in [-0.3, -0.25) is 0 Å². The Morgan fingerprint density at radius 2 is 1.79 bits per heavy atom. The second kappa shape index (κ2) is 6.78. The number of aliphatic carboxylic acids is 1. The average Bonchev–Trinajstić information content (AvgIpc) is 2.52. The second-order valence-electron chi connectivity index (χ2n) is 5.25. The summed E-state index contributed by atoms with van der Waals surface area (Å²) in [6, 6.07) is 9.71. The quantitative estimate of drug-likeness (QED) is 0.847. The van der Waals surface area contributed by atoms with E-state index in [1.54, 1.807) is 24.3 Å². The van der Waals surface area contributed by atoms with Crippen LogP contribution < -0.4 is 4.74 Å². The molecule has 0 unspecified atom stereocenters. The van der Waals surface area contributed by atoms with E-state index in [1.165, 1.54) is 0 Å². The molecule has 0 saturated heterocycles. The van der Waals surface area contributed by atoms with Gasteiger partial charge in [0.2, 0.25) is 0 Å². The van der Waals surface area contributed by atoms with Gasteiger partial charge in [-0.1, -0.05) is 36.4 Å². The molecule has 1 N–H and O–H groups in total. The normalized spacial score (nSPS) is 11.2. The van der Waals surface area contributed by atoms with Gasteiger partial charge in [0.25, 0.3) is 0 Å². The third kappa shape index (κ3) is 4.16. The van der Waals surface area contributed by atoms with E-state index >= 15 is 0 Å². The minimum Gasteiger partial charge on any atom is -0.481 e. The van der Waals surface area contributed by atoms with Gasteiger partial charge in [0, 0.05) is 5.56 Å². The van der Waals surface area contributed by atoms with Gasteiger partial charge in [-0.25, -0.2) is 4.79 Å². The van der Waals surface area contributed by atoms with Crippen LogP contribution in [0.1, 0.15) is 18.1 Å². The Bertz CT molecular complexity index is 762. The predicted octanol–water partition coefficient (Wildman–Crippen LogP) is 4.87. The fourth-order valence-corrected chi connectivity index (χ4v) is 2.13. The number of carbonyl (C=O) groups is 1. The van der Waals surface area contributed by atoms with Crippen LogP contribution in [0.25, 0.3) is 16.7 Å². The minimum absolute atomic E-state index is 0.0773. The molecule has 0 aliphatic rings. The van der Waals surface area contributed by atoms with Crippen molar-refractivity contribution in [1.82, 2.24) is 0 Å². The lowest BCUT2D eigenvalue weighted by Crippen LogP contribution is -2.11. The van der Waals surface area contributed by atoms with Gasteiger partial charge in [-0.15, -0.1) is 0 Å². The first-order valence-electron chi connectivity index (χ1n) is 7.00. The number of halogens is 3. The largest absolute Gasteiger partial charge is 0.481 e. The summed E-state index contributed by atoms with van der Waals surface area (Å²) in [7, 11) is 0. The molecule has 0 radical (unpaired) electrons. The number of benzene rings is 2. The van der Waals surface area contributed by atoms with Crippen LogP contribution in [0.2, 0.25) is 0 Å². The first-order chi connectivity index (χ1) is 11.2. The summed E-state index contributed by atoms with van der Waals surface area (Å²) in [5.41, 5.74) is 1.53. The van der Waals surface area contributed by atoms with E-state index in [1.807, 2.05) is 6.92 Å². The zero-order valence-corrected chi connectivity index (χ0v) is 12.9. The molecule has 0 spiro atoms. The Morgan fingerprint density at radius 3 is 2.29 bits per heavy atom. The van der Waals surface area contributed by atoms with Gasteiger partial charge in [-0.2, -0.15) is 13.2 Å². The van der Waals surface area contributed by atoms with Crippen LogP contribution >= 0.6 is 0 Å². The van der Waals surface area contributed by atoms with Crippen LogP contribution in [0.15, 0.2) is 49.0 Å². The maximum Gasteiger partial charge on any atom is 0.416 e. The van der Waals surface area contributed by atoms with Crippen molar-refractivity contribution in [2.75, 3.05) is 6.61 Å². The number of ether oxygens (including phenoxy) is 1. The number of hydrogen-bond donors (Lipinski definition) is 1. The SMILES string of the molecule is C=C(C)c1ccc(-c2cc(C(F)(F)F)ccc2OCC(=O)O)cc1. The molecule has 0 amide bonds. The van der Waals surface area contributed by atoms with Gasteiger partial charge in [0.15, 0.2) is 6.61 Å². The lowest BCUT2D eigenvalue weighted by atomic mass is 9.99. The second-order valence-corrected chi connectivity index (χ2v) is 5.25. The van der Waals surface area contributed by atoms with Gasteiger partial charge in [0.1, 0.15) is 5.75 Å². The highest BCUT2D eigenvalue weighted by Crippen LogP contribution is 2.37. The summed E-state index contributed by atoms with van der Waals surface area (Å²) in [4.78, 5) is 10.7. The molecule has 2 rings (SSSR count). The third-order valence-corrected chi connectivity index (χ3v) is 3.35. The fourth-order valence-electron chi connectivity index (χ4n) is 2.13. The van der Waals surface area contributed by atoms with Crippen molar-refractivity contribution in [2.45, 2.75) is 13.1 Å². The molecule has 126 valence electrons. The average molecular weight is 336 g/mol. The highest BCUT2D eigenvalue weighted by molar-refractivity contribution is 5.75. The first-order valence-corrected chi connectivity index (χ1v) is 7.00. The zero-order chi connectivity index (χ0) is 17.9. The number of hydrogen-bond acceptors (Lipinski definition) is 2. The summed E-state index contributed by atoms with van der Waals surface area (Å²) < 4.78 is 44.0. The van der Waals surface area contributed by atoms with Crippen molar-refractivity contribution in [2.24, 2.45) is 0 Å². The van der Waals surface area contributed by atoms with E-state index < -0.39 is 24.3 Å². The highest BCUT2D eigenvalue weighted by atomic mass is 19.4. The summed E-state index contributed by atoms with van der Waals surface area (Å²) in [5, 5.41) is 8.70. The van der Waals surface area contributed by atoms with Crippen LogP contribution in [0.4, 0.5) is 13.2 Å². The molecule has 0 saturated carbocycles. The van der Waals surface area contributed by atoms with Crippen molar-refractivity contribution < 1.29 is 27.8 Å². The van der Waals surface area contributed by atoms with Crippen LogP contribution in [-0.4, -0.2) is 17.7 Å². The van der Waals surface area contributed by atoms with Crippen LogP contribution in [0.3, 0.4) is 0 Å². The molecule has 0 aliphatic heterocycles. The smallest absolute Gasteiger partial charge is 0.416 e. The molecule has 6 heteroatoms. The standard InChI is InChI=1S/C18H15F3O3/c1-11(2)12-3-5-13(6-4-12)15-9-14(18(19,20)21)7-8-16(15)24-10-17(22)23/h3-9H,1,10H2,2H3,(H,22,23). The Balaban J connectivity index is 2.50. The molecule has 2 aromatic carbocycles. The Hall–Kier alpha value is -2.76. The molecule has 2 aromatic rings. The number of rotatable bonds is 5. The monoisotopic (exact) mass is 336 g/mol. The van der Waals surface area contributed by atoms with E-state index in [-0.39, 0.29) is 11.3 Å². The molecule has 0 aliphatic carbocycles. The summed E-state index contributed by atoms with van der Waals surface area (Å²) >= 11 is 0. The van der Waals surface area contributed by atoms with Crippen molar-refractivity contribution in [3.63, 3.8) is 0 Å². The lowest BCUT2D eigenvalue weighted by Gasteiger charge is -2.14. The van der Waals surface area contributed by atoms with Gasteiger partial charge in [-0.05, 0) is 36.2 Å². The highest BCUT2D eigenvalue weighted by Gasteiger charge is 2.31. The predicted molar refractivity (Wildman–Crippen MR) is 84.7 cm³/mol. The number of carboxylic acids is 1. The van der Waals surface area contributed by atoms with Gasteiger partial charge in [0.05, 0.1) is 5.56 Å². The Morgan fingerprint density at radius 1 is 1.17 bits per heavy atom. The molecule has 24 heavy (non-hydrogen) atoms. The van der Waals surface area contributed by atoms with E-state index in [4.69, 9.17) is 9.84 Å². The topological polar surface area (TPSA) is 46.5 Å². The molecular formula is C18H15F3O3. The molecular weight excluding hydrogens is 321 g/mol. The lowest BCUT2D eigenvalue weighted by molar-refractivity contribution is -0.140. The van der Waals surface area contributed by atoms with Crippen molar-refractivity contribution in [3.05, 3.63) is 60.2 Å². The van der Waals surface area contributed by atoms with Gasteiger partial charge < -0.3 is 9.84 Å². The van der Waals surface area contributed by atoms with Crippen LogP contribution in [-0.2, 0) is 11.0 Å². The molecule has 0 heterocycles. The third-order valence-electron chi connectivity index (χ3n) is 3.35. The summed E-state index contributed by atoms with van der Waals surface area (Å²) in [5.74, 6) is -1.13. The maximum atomic E-state index is 13.0. The summed E-state index contributed by atoms with van der Waals surface area (Å²) in [6.45, 7) is 4.99. The number of carboxylic acid groups (broad SMARTS) is 1. The van der Waals surface area contributed by atoms with E-state index in [0.29, 0.717) is 5.56 Å². The van der Waals surface area contributed by atoms with Crippen molar-refractivity contribution in [3.8, 4) is 16.9 Å². The zero-order valence-electron chi connectivity index (χ0n) is 12.9. The first kappa shape index (κ1) is 17.6. The molecule has 0 bridgehead atoms. The maximum absolute atomic E-state index is 13.0. The van der Waals surface area contributed by atoms with E-state index in [0.717, 1.165) is 29.3 Å². The number of allylic oxidation sites excluding steroid dienone is 1.